The molecule has 1 rings (SSSR count). The fourth-order valence-electron chi connectivity index (χ4n) is 4.61. The smallest absolute Gasteiger partial charge is 0.542 e. The SMILES string of the molecule is CCCCCCc1c#cc(CCCCCC)c(CCCCCC)c1CCCCCC.O=C([O-])C(F)(F)F.O=C([O-])C(F)(F)F.[Hg+].[Hg+]. The second-order valence-corrected chi connectivity index (χ2v) is 11.0. The molecule has 0 aromatic heterocycles. The molecule has 0 spiro atoms. The standard InChI is InChI=1S/C30H52.2C2HF3O2.2Hg/c1-5-9-13-17-21-27-25-26-28(22-18-14-10-6-2)30(24-20-16-12-8-4)29(27)23-19-15-11-7-3;2*3-2(4,5)1(6)7;;/h5-24H2,1-4H3;2*(H,6,7);;/q;;;2*+1/p-2. The Kier molecular flexibility index (Phi) is 36.0. The van der Waals surface area contributed by atoms with E-state index in [2.05, 4.69) is 39.8 Å². The number of aliphatic carboxylic acids is 2. The molecule has 0 fully saturated rings. The first kappa shape index (κ1) is 52.2. The molecule has 2 radical (unpaired) electrons. The average molecular weight is 1040 g/mol. The van der Waals surface area contributed by atoms with E-state index >= 15 is 0 Å². The monoisotopic (exact) mass is 1040 g/mol. The molecule has 0 N–H and O–H groups in total. The molecule has 0 saturated carbocycles. The summed E-state index contributed by atoms with van der Waals surface area (Å²) in [6, 6.07) is 7.36. The zero-order valence-electron chi connectivity index (χ0n) is 28.5. The van der Waals surface area contributed by atoms with Gasteiger partial charge in [0.05, 0.1) is 0 Å². The fourth-order valence-corrected chi connectivity index (χ4v) is 4.61. The number of carboxylic acids is 2. The van der Waals surface area contributed by atoms with Crippen molar-refractivity contribution in [3.8, 4) is 0 Å². The Labute approximate surface area is 314 Å². The molecular formula is C34H52F6Hg2O4. The summed E-state index contributed by atoms with van der Waals surface area (Å²) in [4.78, 5) is 17.6. The van der Waals surface area contributed by atoms with Gasteiger partial charge in [-0.2, -0.15) is 26.3 Å². The van der Waals surface area contributed by atoms with E-state index in [1.807, 2.05) is 0 Å². The second-order valence-electron chi connectivity index (χ2n) is 11.0. The Morgan fingerprint density at radius 1 is 0.478 bits per heavy atom. The van der Waals surface area contributed by atoms with E-state index in [9.17, 15) is 26.3 Å². The van der Waals surface area contributed by atoms with Crippen molar-refractivity contribution in [1.29, 1.82) is 0 Å². The Morgan fingerprint density at radius 2 is 0.696 bits per heavy atom. The van der Waals surface area contributed by atoms with Gasteiger partial charge in [0.2, 0.25) is 0 Å². The van der Waals surface area contributed by atoms with E-state index < -0.39 is 24.3 Å². The third kappa shape index (κ3) is 28.4. The van der Waals surface area contributed by atoms with Crippen molar-refractivity contribution >= 4 is 11.9 Å². The molecule has 0 aliphatic carbocycles. The molecule has 0 aliphatic rings. The van der Waals surface area contributed by atoms with Crippen LogP contribution in [-0.4, -0.2) is 24.3 Å². The van der Waals surface area contributed by atoms with Gasteiger partial charge in [0.25, 0.3) is 0 Å². The molecule has 1 aromatic rings. The van der Waals surface area contributed by atoms with Crippen molar-refractivity contribution in [1.82, 2.24) is 0 Å². The molecule has 1 aromatic carbocycles. The summed E-state index contributed by atoms with van der Waals surface area (Å²) in [5.41, 5.74) is 6.43. The number of halogens is 6. The number of carboxylic acid groups (broad SMARTS) is 2. The van der Waals surface area contributed by atoms with Gasteiger partial charge in [-0.25, -0.2) is 0 Å². The van der Waals surface area contributed by atoms with Gasteiger partial charge < -0.3 is 19.8 Å². The Bertz CT molecular complexity index is 823. The molecule has 12 heteroatoms. The summed E-state index contributed by atoms with van der Waals surface area (Å²) in [5, 5.41) is 17.6. The second kappa shape index (κ2) is 31.7. The first-order chi connectivity index (χ1) is 20.7. The quantitative estimate of drug-likeness (QED) is 0.0748. The summed E-state index contributed by atoms with van der Waals surface area (Å²) >= 11 is 0. The first-order valence-corrected chi connectivity index (χ1v) is 16.2. The van der Waals surface area contributed by atoms with Crippen LogP contribution in [0.25, 0.3) is 0 Å². The minimum atomic E-state index is -5.19. The van der Waals surface area contributed by atoms with E-state index in [1.165, 1.54) is 140 Å². The zero-order chi connectivity index (χ0) is 34.0. The van der Waals surface area contributed by atoms with Crippen molar-refractivity contribution < 1.29 is 101 Å². The Hall–Kier alpha value is -0.570. The van der Waals surface area contributed by atoms with E-state index in [-0.39, 0.29) is 55.3 Å². The van der Waals surface area contributed by atoms with Gasteiger partial charge in [0.15, 0.2) is 0 Å². The molecule has 0 bridgehead atoms. The van der Waals surface area contributed by atoms with Crippen molar-refractivity contribution in [2.24, 2.45) is 0 Å². The van der Waals surface area contributed by atoms with Crippen LogP contribution in [0.15, 0.2) is 0 Å². The zero-order valence-corrected chi connectivity index (χ0v) is 39.5. The Morgan fingerprint density at radius 3 is 0.891 bits per heavy atom. The number of carbonyl (C=O) groups excluding carboxylic acids is 2. The number of alkyl halides is 6. The van der Waals surface area contributed by atoms with E-state index in [4.69, 9.17) is 19.8 Å². The molecule has 0 amide bonds. The minimum absolute atomic E-state index is 0. The maximum absolute atomic E-state index is 10.5. The van der Waals surface area contributed by atoms with Crippen molar-refractivity contribution in [2.75, 3.05) is 0 Å². The molecular weight excluding hydrogens is 988 g/mol. The van der Waals surface area contributed by atoms with Gasteiger partial charge in [0, 0.05) is 11.1 Å². The third-order valence-electron chi connectivity index (χ3n) is 7.04. The molecule has 0 heterocycles. The fraction of sp³-hybridized carbons (Fsp3) is 0.765. The molecule has 0 unspecified atom stereocenters. The average Bonchev–Trinajstić information content (AvgIpc) is 2.94. The maximum atomic E-state index is 10.5. The molecule has 46 heavy (non-hydrogen) atoms. The Balaban J connectivity index is -0.000000458. The number of hydrogen-bond donors (Lipinski definition) is 0. The summed E-state index contributed by atoms with van der Waals surface area (Å²) < 4.78 is 63.1. The van der Waals surface area contributed by atoms with Crippen molar-refractivity contribution in [3.63, 3.8) is 0 Å². The van der Waals surface area contributed by atoms with Crippen LogP contribution < -0.4 is 10.2 Å². The van der Waals surface area contributed by atoms with Crippen LogP contribution in [0.4, 0.5) is 26.3 Å². The topological polar surface area (TPSA) is 80.3 Å². The van der Waals surface area contributed by atoms with Gasteiger partial charge in [-0.3, -0.25) is 0 Å². The van der Waals surface area contributed by atoms with Gasteiger partial charge in [-0.15, -0.1) is 0 Å². The number of rotatable bonds is 20. The van der Waals surface area contributed by atoms with Crippen LogP contribution in [0.2, 0.25) is 0 Å². The normalized spacial score (nSPS) is 10.7. The van der Waals surface area contributed by atoms with Crippen LogP contribution >= 0.6 is 0 Å². The van der Waals surface area contributed by atoms with Gasteiger partial charge in [-0.05, 0) is 62.5 Å². The third-order valence-corrected chi connectivity index (χ3v) is 7.04. The predicted octanol–water partition coefficient (Wildman–Crippen LogP) is 8.37. The van der Waals surface area contributed by atoms with Crippen molar-refractivity contribution in [2.45, 2.75) is 168 Å². The molecule has 0 saturated heterocycles. The van der Waals surface area contributed by atoms with E-state index in [0.717, 1.165) is 0 Å². The summed E-state index contributed by atoms with van der Waals surface area (Å²) in [6.07, 6.45) is 16.2. The maximum Gasteiger partial charge on any atom is 1.00 e. The van der Waals surface area contributed by atoms with Crippen LogP contribution in [-0.2, 0) is 90.6 Å². The largest absolute Gasteiger partial charge is 1.00 e. The molecule has 0 aliphatic heterocycles. The van der Waals surface area contributed by atoms with Gasteiger partial charge in [-0.1, -0.05) is 117 Å². The minimum Gasteiger partial charge on any atom is -0.542 e. The van der Waals surface area contributed by atoms with Crippen LogP contribution in [0.5, 0.6) is 0 Å². The number of carbonyl (C=O) groups is 2. The number of unbranched alkanes of at least 4 members (excludes halogenated alkanes) is 12. The first-order valence-electron chi connectivity index (χ1n) is 16.2. The number of hydrogen-bond acceptors (Lipinski definition) is 4. The molecule has 0 atom stereocenters. The molecule has 4 nitrogen and oxygen atoms in total. The van der Waals surface area contributed by atoms with Crippen molar-refractivity contribution in [3.05, 3.63) is 34.4 Å². The molecule has 258 valence electrons. The van der Waals surface area contributed by atoms with Gasteiger partial charge in [0.1, 0.15) is 11.9 Å². The van der Waals surface area contributed by atoms with Gasteiger partial charge >= 0.3 is 67.7 Å². The van der Waals surface area contributed by atoms with E-state index in [1.54, 1.807) is 11.1 Å². The van der Waals surface area contributed by atoms with Crippen LogP contribution in [0.3, 0.4) is 0 Å². The van der Waals surface area contributed by atoms with Crippen LogP contribution in [0.1, 0.15) is 153 Å². The summed E-state index contributed by atoms with van der Waals surface area (Å²) in [6.45, 7) is 9.25. The van der Waals surface area contributed by atoms with Crippen LogP contribution in [0, 0.1) is 12.1 Å². The summed E-state index contributed by atoms with van der Waals surface area (Å²) in [7, 11) is 0. The summed E-state index contributed by atoms with van der Waals surface area (Å²) in [5.74, 6) is -6.01. The van der Waals surface area contributed by atoms with E-state index in [0.29, 0.717) is 0 Å². The predicted molar refractivity (Wildman–Crippen MR) is 158 cm³/mol.